The van der Waals surface area contributed by atoms with Crippen LogP contribution in [0, 0.1) is 12.8 Å². The minimum atomic E-state index is -0.291. The molecule has 132 valence electrons. The van der Waals surface area contributed by atoms with Crippen LogP contribution >= 0.6 is 11.6 Å². The van der Waals surface area contributed by atoms with Crippen LogP contribution in [0.15, 0.2) is 17.1 Å². The zero-order valence-corrected chi connectivity index (χ0v) is 15.6. The SMILES string of the molecule is CCN(C)C=Nc1cc(C)c(C(=O)OCC2CCCCC2)cc1Cl. The molecule has 2 rings (SSSR count). The van der Waals surface area contributed by atoms with Crippen LogP contribution in [0.2, 0.25) is 5.02 Å². The van der Waals surface area contributed by atoms with Crippen molar-refractivity contribution < 1.29 is 9.53 Å². The van der Waals surface area contributed by atoms with Gasteiger partial charge in [-0.05, 0) is 50.3 Å². The standard InChI is InChI=1S/C19H27ClN2O2/c1-4-22(3)13-21-18-10-14(2)16(11-17(18)20)19(23)24-12-15-8-6-5-7-9-15/h10-11,13,15H,4-9,12H2,1-3H3. The molecule has 1 aromatic rings. The Bertz CT molecular complexity index is 595. The molecule has 0 spiro atoms. The highest BCUT2D eigenvalue weighted by atomic mass is 35.5. The topological polar surface area (TPSA) is 41.9 Å². The van der Waals surface area contributed by atoms with Gasteiger partial charge in [0.05, 0.1) is 29.2 Å². The quantitative estimate of drug-likeness (QED) is 0.412. The fourth-order valence-corrected chi connectivity index (χ4v) is 3.07. The molecule has 1 aromatic carbocycles. The first kappa shape index (κ1) is 18.8. The summed E-state index contributed by atoms with van der Waals surface area (Å²) in [5, 5.41) is 0.464. The van der Waals surface area contributed by atoms with Crippen molar-refractivity contribution in [3.63, 3.8) is 0 Å². The summed E-state index contributed by atoms with van der Waals surface area (Å²) < 4.78 is 5.51. The zero-order valence-electron chi connectivity index (χ0n) is 14.8. The normalized spacial score (nSPS) is 15.7. The molecule has 0 N–H and O–H groups in total. The maximum atomic E-state index is 12.4. The molecule has 1 aliphatic carbocycles. The molecule has 1 saturated carbocycles. The molecule has 1 aliphatic rings. The van der Waals surface area contributed by atoms with Crippen LogP contribution in [-0.4, -0.2) is 37.4 Å². The highest BCUT2D eigenvalue weighted by Crippen LogP contribution is 2.29. The first-order valence-corrected chi connectivity index (χ1v) is 9.10. The third-order valence-corrected chi connectivity index (χ3v) is 4.88. The molecule has 0 saturated heterocycles. The molecule has 0 aromatic heterocycles. The molecule has 0 bridgehead atoms. The second-order valence-electron chi connectivity index (χ2n) is 6.54. The lowest BCUT2D eigenvalue weighted by atomic mass is 9.90. The average molecular weight is 351 g/mol. The number of rotatable bonds is 6. The molecule has 1 fully saturated rings. The maximum Gasteiger partial charge on any atom is 0.338 e. The highest BCUT2D eigenvalue weighted by molar-refractivity contribution is 6.33. The number of benzene rings is 1. The minimum Gasteiger partial charge on any atom is -0.462 e. The first-order valence-electron chi connectivity index (χ1n) is 8.73. The summed E-state index contributed by atoms with van der Waals surface area (Å²) in [6.07, 6.45) is 7.84. The van der Waals surface area contributed by atoms with Gasteiger partial charge in [-0.15, -0.1) is 0 Å². The van der Waals surface area contributed by atoms with Gasteiger partial charge in [0.2, 0.25) is 0 Å². The third kappa shape index (κ3) is 5.23. The van der Waals surface area contributed by atoms with E-state index in [1.54, 1.807) is 12.4 Å². The highest BCUT2D eigenvalue weighted by Gasteiger charge is 2.18. The Balaban J connectivity index is 2.03. The molecule has 4 nitrogen and oxygen atoms in total. The van der Waals surface area contributed by atoms with Crippen molar-refractivity contribution in [1.29, 1.82) is 0 Å². The van der Waals surface area contributed by atoms with Gasteiger partial charge in [-0.2, -0.15) is 0 Å². The van der Waals surface area contributed by atoms with Crippen molar-refractivity contribution in [2.24, 2.45) is 10.9 Å². The largest absolute Gasteiger partial charge is 0.462 e. The molecule has 5 heteroatoms. The Hall–Kier alpha value is -1.55. The number of hydrogen-bond acceptors (Lipinski definition) is 3. The van der Waals surface area contributed by atoms with Crippen molar-refractivity contribution in [3.8, 4) is 0 Å². The number of aliphatic imine (C=N–C) groups is 1. The fourth-order valence-electron chi connectivity index (χ4n) is 2.85. The Kier molecular flexibility index (Phi) is 7.10. The van der Waals surface area contributed by atoms with E-state index in [1.165, 1.54) is 19.3 Å². The van der Waals surface area contributed by atoms with E-state index >= 15 is 0 Å². The molecule has 0 unspecified atom stereocenters. The van der Waals surface area contributed by atoms with E-state index < -0.39 is 0 Å². The van der Waals surface area contributed by atoms with Gasteiger partial charge in [-0.1, -0.05) is 30.9 Å². The van der Waals surface area contributed by atoms with Crippen molar-refractivity contribution in [2.75, 3.05) is 20.2 Å². The van der Waals surface area contributed by atoms with E-state index in [2.05, 4.69) is 4.99 Å². The van der Waals surface area contributed by atoms with Crippen LogP contribution < -0.4 is 0 Å². The van der Waals surface area contributed by atoms with Crippen molar-refractivity contribution >= 4 is 29.6 Å². The number of carbonyl (C=O) groups excluding carboxylic acids is 1. The zero-order chi connectivity index (χ0) is 17.5. The van der Waals surface area contributed by atoms with Gasteiger partial charge in [0.1, 0.15) is 0 Å². The van der Waals surface area contributed by atoms with Gasteiger partial charge >= 0.3 is 5.97 Å². The average Bonchev–Trinajstić information content (AvgIpc) is 2.60. The third-order valence-electron chi connectivity index (χ3n) is 4.58. The molecule has 0 radical (unpaired) electrons. The fraction of sp³-hybridized carbons (Fsp3) is 0.579. The number of nitrogens with zero attached hydrogens (tertiary/aromatic N) is 2. The molecule has 24 heavy (non-hydrogen) atoms. The van der Waals surface area contributed by atoms with Crippen molar-refractivity contribution in [2.45, 2.75) is 46.0 Å². The number of carbonyl (C=O) groups is 1. The van der Waals surface area contributed by atoms with Crippen molar-refractivity contribution in [1.82, 2.24) is 4.90 Å². The van der Waals surface area contributed by atoms with Gasteiger partial charge in [-0.3, -0.25) is 0 Å². The van der Waals surface area contributed by atoms with E-state index in [9.17, 15) is 4.79 Å². The number of aryl methyl sites for hydroxylation is 1. The second kappa shape index (κ2) is 9.07. The maximum absolute atomic E-state index is 12.4. The first-order chi connectivity index (χ1) is 11.5. The number of esters is 1. The van der Waals surface area contributed by atoms with Crippen LogP contribution in [0.1, 0.15) is 54.9 Å². The van der Waals surface area contributed by atoms with Crippen LogP contribution in [0.3, 0.4) is 0 Å². The van der Waals surface area contributed by atoms with E-state index in [4.69, 9.17) is 16.3 Å². The van der Waals surface area contributed by atoms with E-state index in [-0.39, 0.29) is 5.97 Å². The molecular formula is C19H27ClN2O2. The van der Waals surface area contributed by atoms with E-state index in [1.807, 2.05) is 31.9 Å². The van der Waals surface area contributed by atoms with Gasteiger partial charge in [-0.25, -0.2) is 9.79 Å². The summed E-state index contributed by atoms with van der Waals surface area (Å²) in [4.78, 5) is 18.7. The van der Waals surface area contributed by atoms with E-state index in [0.717, 1.165) is 24.9 Å². The molecular weight excluding hydrogens is 324 g/mol. The summed E-state index contributed by atoms with van der Waals surface area (Å²) in [6, 6.07) is 3.50. The predicted molar refractivity (Wildman–Crippen MR) is 99.5 cm³/mol. The monoisotopic (exact) mass is 350 g/mol. The Labute approximate surface area is 149 Å². The molecule has 0 amide bonds. The Morgan fingerprint density at radius 2 is 2.08 bits per heavy atom. The Morgan fingerprint density at radius 1 is 1.38 bits per heavy atom. The van der Waals surface area contributed by atoms with Crippen LogP contribution in [0.5, 0.6) is 0 Å². The number of hydrogen-bond donors (Lipinski definition) is 0. The van der Waals surface area contributed by atoms with E-state index in [0.29, 0.717) is 28.8 Å². The lowest BCUT2D eigenvalue weighted by Gasteiger charge is -2.21. The smallest absolute Gasteiger partial charge is 0.338 e. The van der Waals surface area contributed by atoms with Gasteiger partial charge in [0.25, 0.3) is 0 Å². The van der Waals surface area contributed by atoms with Crippen LogP contribution in [0.25, 0.3) is 0 Å². The van der Waals surface area contributed by atoms with Gasteiger partial charge in [0.15, 0.2) is 0 Å². The molecule has 0 heterocycles. The number of halogens is 1. The lowest BCUT2D eigenvalue weighted by Crippen LogP contribution is -2.17. The van der Waals surface area contributed by atoms with Crippen molar-refractivity contribution in [3.05, 3.63) is 28.3 Å². The number of ether oxygens (including phenoxy) is 1. The predicted octanol–water partition coefficient (Wildman–Crippen LogP) is 5.00. The summed E-state index contributed by atoms with van der Waals surface area (Å²) in [5.41, 5.74) is 2.02. The van der Waals surface area contributed by atoms with Gasteiger partial charge in [0, 0.05) is 13.6 Å². The summed E-state index contributed by atoms with van der Waals surface area (Å²) in [6.45, 7) is 5.31. The summed E-state index contributed by atoms with van der Waals surface area (Å²) in [7, 11) is 1.95. The summed E-state index contributed by atoms with van der Waals surface area (Å²) >= 11 is 6.28. The second-order valence-corrected chi connectivity index (χ2v) is 6.95. The van der Waals surface area contributed by atoms with Crippen LogP contribution in [0.4, 0.5) is 5.69 Å². The molecule has 0 atom stereocenters. The molecule has 0 aliphatic heterocycles. The minimum absolute atomic E-state index is 0.291. The Morgan fingerprint density at radius 3 is 2.75 bits per heavy atom. The lowest BCUT2D eigenvalue weighted by molar-refractivity contribution is 0.0409. The van der Waals surface area contributed by atoms with Gasteiger partial charge < -0.3 is 9.64 Å². The van der Waals surface area contributed by atoms with Crippen LogP contribution in [-0.2, 0) is 4.74 Å². The summed E-state index contributed by atoms with van der Waals surface area (Å²) in [5.74, 6) is 0.216.